The SMILES string of the molecule is Cc1nc(SCC(=O)Nc2ccc(Cl)c(Cl)c2)c2oc3ccccc3c2n1. The minimum atomic E-state index is -0.182. The van der Waals surface area contributed by atoms with Gasteiger partial charge in [0.05, 0.1) is 15.8 Å². The number of benzene rings is 2. The van der Waals surface area contributed by atoms with Gasteiger partial charge >= 0.3 is 0 Å². The standard InChI is InChI=1S/C19H13Cl2N3O2S/c1-10-22-17-12-4-2-3-5-15(12)26-18(17)19(23-10)27-9-16(25)24-11-6-7-13(20)14(21)8-11/h2-8H,9H2,1H3,(H,24,25). The number of rotatable bonds is 4. The van der Waals surface area contributed by atoms with E-state index in [4.69, 9.17) is 27.6 Å². The zero-order valence-corrected chi connectivity index (χ0v) is 16.5. The van der Waals surface area contributed by atoms with E-state index < -0.39 is 0 Å². The molecule has 0 atom stereocenters. The summed E-state index contributed by atoms with van der Waals surface area (Å²) in [6.45, 7) is 1.82. The van der Waals surface area contributed by atoms with Crippen molar-refractivity contribution in [2.45, 2.75) is 11.9 Å². The van der Waals surface area contributed by atoms with E-state index in [0.29, 0.717) is 32.2 Å². The summed E-state index contributed by atoms with van der Waals surface area (Å²) < 4.78 is 5.91. The van der Waals surface area contributed by atoms with Crippen molar-refractivity contribution in [3.8, 4) is 0 Å². The predicted molar refractivity (Wildman–Crippen MR) is 110 cm³/mol. The Morgan fingerprint density at radius 2 is 1.96 bits per heavy atom. The maximum Gasteiger partial charge on any atom is 0.234 e. The number of amides is 1. The van der Waals surface area contributed by atoms with Crippen LogP contribution in [0, 0.1) is 6.92 Å². The topological polar surface area (TPSA) is 68.0 Å². The molecular formula is C19H13Cl2N3O2S. The number of para-hydroxylation sites is 1. The Labute approximate surface area is 169 Å². The molecule has 0 radical (unpaired) electrons. The number of anilines is 1. The van der Waals surface area contributed by atoms with E-state index in [1.54, 1.807) is 18.2 Å². The third-order valence-electron chi connectivity index (χ3n) is 3.84. The van der Waals surface area contributed by atoms with Gasteiger partial charge in [0.2, 0.25) is 5.91 Å². The number of nitrogens with one attached hydrogen (secondary N) is 1. The van der Waals surface area contributed by atoms with Crippen LogP contribution >= 0.6 is 35.0 Å². The molecule has 1 amide bonds. The minimum absolute atomic E-state index is 0.169. The first-order valence-corrected chi connectivity index (χ1v) is 9.79. The molecule has 2 aromatic heterocycles. The third kappa shape index (κ3) is 3.74. The van der Waals surface area contributed by atoms with E-state index in [-0.39, 0.29) is 11.7 Å². The number of aryl methyl sites for hydroxylation is 1. The van der Waals surface area contributed by atoms with Crippen molar-refractivity contribution < 1.29 is 9.21 Å². The molecule has 0 aliphatic heterocycles. The lowest BCUT2D eigenvalue weighted by molar-refractivity contribution is -0.113. The van der Waals surface area contributed by atoms with Gasteiger partial charge in [0.25, 0.3) is 0 Å². The van der Waals surface area contributed by atoms with Gasteiger partial charge in [-0.25, -0.2) is 9.97 Å². The van der Waals surface area contributed by atoms with Gasteiger partial charge in [-0.2, -0.15) is 0 Å². The van der Waals surface area contributed by atoms with Gasteiger partial charge < -0.3 is 9.73 Å². The van der Waals surface area contributed by atoms with Gasteiger partial charge in [-0.3, -0.25) is 4.79 Å². The number of carbonyl (C=O) groups is 1. The Morgan fingerprint density at radius 1 is 1.15 bits per heavy atom. The highest BCUT2D eigenvalue weighted by molar-refractivity contribution is 8.00. The highest BCUT2D eigenvalue weighted by Crippen LogP contribution is 2.33. The monoisotopic (exact) mass is 417 g/mol. The zero-order chi connectivity index (χ0) is 19.0. The fourth-order valence-electron chi connectivity index (χ4n) is 2.68. The number of furan rings is 1. The van der Waals surface area contributed by atoms with Crippen molar-refractivity contribution in [3.05, 3.63) is 58.3 Å². The van der Waals surface area contributed by atoms with Crippen LogP contribution in [0.3, 0.4) is 0 Å². The van der Waals surface area contributed by atoms with Crippen LogP contribution in [0.15, 0.2) is 51.9 Å². The van der Waals surface area contributed by atoms with Crippen LogP contribution in [0.5, 0.6) is 0 Å². The summed E-state index contributed by atoms with van der Waals surface area (Å²) in [5.41, 5.74) is 2.68. The van der Waals surface area contributed by atoms with Crippen molar-refractivity contribution in [1.29, 1.82) is 0 Å². The van der Waals surface area contributed by atoms with Crippen molar-refractivity contribution in [2.75, 3.05) is 11.1 Å². The first-order chi connectivity index (χ1) is 13.0. The second-order valence-corrected chi connectivity index (χ2v) is 7.60. The minimum Gasteiger partial charge on any atom is -0.451 e. The van der Waals surface area contributed by atoms with Gasteiger partial charge in [0.15, 0.2) is 5.58 Å². The second kappa shape index (κ2) is 7.38. The van der Waals surface area contributed by atoms with Crippen LogP contribution in [-0.4, -0.2) is 21.6 Å². The van der Waals surface area contributed by atoms with Crippen LogP contribution in [0.4, 0.5) is 5.69 Å². The zero-order valence-electron chi connectivity index (χ0n) is 14.1. The molecule has 0 aliphatic carbocycles. The lowest BCUT2D eigenvalue weighted by atomic mass is 10.2. The van der Waals surface area contributed by atoms with E-state index in [0.717, 1.165) is 16.5 Å². The molecule has 5 nitrogen and oxygen atoms in total. The van der Waals surface area contributed by atoms with Gasteiger partial charge in [-0.05, 0) is 37.3 Å². The lowest BCUT2D eigenvalue weighted by Crippen LogP contribution is -2.14. The fourth-order valence-corrected chi connectivity index (χ4v) is 3.78. The Kier molecular flexibility index (Phi) is 4.95. The summed E-state index contributed by atoms with van der Waals surface area (Å²) >= 11 is 13.2. The molecule has 0 aliphatic rings. The summed E-state index contributed by atoms with van der Waals surface area (Å²) in [5.74, 6) is 0.614. The molecule has 4 rings (SSSR count). The number of aromatic nitrogens is 2. The first-order valence-electron chi connectivity index (χ1n) is 8.05. The van der Waals surface area contributed by atoms with Crippen LogP contribution < -0.4 is 5.32 Å². The molecular weight excluding hydrogens is 405 g/mol. The second-order valence-electron chi connectivity index (χ2n) is 5.82. The summed E-state index contributed by atoms with van der Waals surface area (Å²) in [4.78, 5) is 21.2. The van der Waals surface area contributed by atoms with E-state index in [1.807, 2.05) is 31.2 Å². The van der Waals surface area contributed by atoms with Crippen molar-refractivity contribution in [2.24, 2.45) is 0 Å². The molecule has 27 heavy (non-hydrogen) atoms. The molecule has 136 valence electrons. The summed E-state index contributed by atoms with van der Waals surface area (Å²) in [6.07, 6.45) is 0. The Balaban J connectivity index is 1.56. The molecule has 0 unspecified atom stereocenters. The first kappa shape index (κ1) is 18.1. The van der Waals surface area contributed by atoms with Gasteiger partial charge in [-0.1, -0.05) is 47.1 Å². The number of thioether (sulfide) groups is 1. The van der Waals surface area contributed by atoms with Crippen molar-refractivity contribution in [3.63, 3.8) is 0 Å². The summed E-state index contributed by atoms with van der Waals surface area (Å²) in [5, 5.41) is 5.18. The van der Waals surface area contributed by atoms with E-state index >= 15 is 0 Å². The molecule has 0 saturated heterocycles. The maximum atomic E-state index is 12.3. The normalized spacial score (nSPS) is 11.2. The van der Waals surface area contributed by atoms with Crippen LogP contribution in [0.1, 0.15) is 5.82 Å². The summed E-state index contributed by atoms with van der Waals surface area (Å²) in [7, 11) is 0. The maximum absolute atomic E-state index is 12.3. The van der Waals surface area contributed by atoms with Crippen molar-refractivity contribution in [1.82, 2.24) is 9.97 Å². The molecule has 0 bridgehead atoms. The molecule has 8 heteroatoms. The van der Waals surface area contributed by atoms with Gasteiger partial charge in [-0.15, -0.1) is 0 Å². The lowest BCUT2D eigenvalue weighted by Gasteiger charge is -2.06. The predicted octanol–water partition coefficient (Wildman–Crippen LogP) is 5.72. The Bertz CT molecular complexity index is 1180. The molecule has 0 fully saturated rings. The Morgan fingerprint density at radius 3 is 2.78 bits per heavy atom. The number of fused-ring (bicyclic) bond motifs is 3. The van der Waals surface area contributed by atoms with Crippen LogP contribution in [0.25, 0.3) is 22.1 Å². The quantitative estimate of drug-likeness (QED) is 0.339. The third-order valence-corrected chi connectivity index (χ3v) is 5.54. The van der Waals surface area contributed by atoms with E-state index in [2.05, 4.69) is 15.3 Å². The largest absolute Gasteiger partial charge is 0.451 e. The highest BCUT2D eigenvalue weighted by Gasteiger charge is 2.16. The molecule has 1 N–H and O–H groups in total. The number of carbonyl (C=O) groups excluding carboxylic acids is 1. The fraction of sp³-hybridized carbons (Fsp3) is 0.105. The molecule has 0 saturated carbocycles. The van der Waals surface area contributed by atoms with Crippen LogP contribution in [0.2, 0.25) is 10.0 Å². The average molecular weight is 418 g/mol. The van der Waals surface area contributed by atoms with Gasteiger partial charge in [0, 0.05) is 11.1 Å². The average Bonchev–Trinajstić information content (AvgIpc) is 3.01. The Hall–Kier alpha value is -2.28. The number of nitrogens with zero attached hydrogens (tertiary/aromatic N) is 2. The molecule has 2 heterocycles. The smallest absolute Gasteiger partial charge is 0.234 e. The number of hydrogen-bond acceptors (Lipinski definition) is 5. The van der Waals surface area contributed by atoms with E-state index in [1.165, 1.54) is 11.8 Å². The van der Waals surface area contributed by atoms with E-state index in [9.17, 15) is 4.79 Å². The molecule has 4 aromatic rings. The summed E-state index contributed by atoms with van der Waals surface area (Å²) in [6, 6.07) is 12.6. The molecule has 0 spiro atoms. The number of halogens is 2. The van der Waals surface area contributed by atoms with Crippen molar-refractivity contribution >= 4 is 68.6 Å². The van der Waals surface area contributed by atoms with Crippen LogP contribution in [-0.2, 0) is 4.79 Å². The number of hydrogen-bond donors (Lipinski definition) is 1. The van der Waals surface area contributed by atoms with Gasteiger partial charge in [0.1, 0.15) is 22.0 Å². The molecule has 2 aromatic carbocycles. The highest BCUT2D eigenvalue weighted by atomic mass is 35.5.